The molecule has 0 radical (unpaired) electrons. The van der Waals surface area contributed by atoms with Crippen molar-refractivity contribution >= 4 is 17.5 Å². The van der Waals surface area contributed by atoms with Crippen LogP contribution in [-0.4, -0.2) is 29.5 Å². The standard InChI is InChI=1S/C17H24ClNO2/c1-16(2,3)15(20)19-10-14(21-11-17(19,4)5)12-7-6-8-13(18)9-12/h6-9,14H,10-11H2,1-5H3. The highest BCUT2D eigenvalue weighted by Crippen LogP contribution is 2.34. The van der Waals surface area contributed by atoms with E-state index in [1.54, 1.807) is 0 Å². The largest absolute Gasteiger partial charge is 0.369 e. The Bertz CT molecular complexity index is 534. The number of ether oxygens (including phenoxy) is 1. The first-order valence-corrected chi connectivity index (χ1v) is 7.68. The van der Waals surface area contributed by atoms with Crippen LogP contribution in [0.4, 0.5) is 0 Å². The van der Waals surface area contributed by atoms with Gasteiger partial charge in [-0.25, -0.2) is 0 Å². The van der Waals surface area contributed by atoms with Gasteiger partial charge < -0.3 is 9.64 Å². The number of carbonyl (C=O) groups excluding carboxylic acids is 1. The number of hydrogen-bond donors (Lipinski definition) is 0. The van der Waals surface area contributed by atoms with Crippen molar-refractivity contribution in [1.29, 1.82) is 0 Å². The highest BCUT2D eigenvalue weighted by Gasteiger charge is 2.41. The number of nitrogens with zero attached hydrogens (tertiary/aromatic N) is 1. The smallest absolute Gasteiger partial charge is 0.228 e. The monoisotopic (exact) mass is 309 g/mol. The average Bonchev–Trinajstić information content (AvgIpc) is 2.36. The normalized spacial score (nSPS) is 22.2. The number of halogens is 1. The number of morpholine rings is 1. The SMILES string of the molecule is CC(C)(C)C(=O)N1CC(c2cccc(Cl)c2)OCC1(C)C. The first-order chi connectivity index (χ1) is 9.61. The van der Waals surface area contributed by atoms with Crippen molar-refractivity contribution in [2.45, 2.75) is 46.3 Å². The molecule has 21 heavy (non-hydrogen) atoms. The first kappa shape index (κ1) is 16.3. The molecule has 0 bridgehead atoms. The van der Waals surface area contributed by atoms with Crippen molar-refractivity contribution in [2.75, 3.05) is 13.2 Å². The summed E-state index contributed by atoms with van der Waals surface area (Å²) in [7, 11) is 0. The van der Waals surface area contributed by atoms with E-state index in [4.69, 9.17) is 16.3 Å². The third-order valence-corrected chi connectivity index (χ3v) is 4.06. The van der Waals surface area contributed by atoms with Gasteiger partial charge in [0.25, 0.3) is 0 Å². The van der Waals surface area contributed by atoms with E-state index in [0.29, 0.717) is 18.2 Å². The maximum atomic E-state index is 12.7. The summed E-state index contributed by atoms with van der Waals surface area (Å²) in [4.78, 5) is 14.7. The minimum Gasteiger partial charge on any atom is -0.369 e. The summed E-state index contributed by atoms with van der Waals surface area (Å²) in [5.74, 6) is 0.155. The predicted octanol–water partition coefficient (Wildman–Crippen LogP) is 4.06. The lowest BCUT2D eigenvalue weighted by atomic mass is 9.89. The van der Waals surface area contributed by atoms with E-state index >= 15 is 0 Å². The zero-order valence-electron chi connectivity index (χ0n) is 13.4. The molecular formula is C17H24ClNO2. The maximum Gasteiger partial charge on any atom is 0.228 e. The van der Waals surface area contributed by atoms with Crippen LogP contribution in [0.15, 0.2) is 24.3 Å². The van der Waals surface area contributed by atoms with Crippen molar-refractivity contribution in [3.8, 4) is 0 Å². The second kappa shape index (κ2) is 5.62. The Hall–Kier alpha value is -1.06. The van der Waals surface area contributed by atoms with E-state index in [1.807, 2.05) is 63.8 Å². The van der Waals surface area contributed by atoms with Crippen LogP contribution in [-0.2, 0) is 9.53 Å². The number of rotatable bonds is 1. The van der Waals surface area contributed by atoms with Crippen molar-refractivity contribution in [1.82, 2.24) is 4.90 Å². The Kier molecular flexibility index (Phi) is 4.36. The molecular weight excluding hydrogens is 286 g/mol. The molecule has 2 rings (SSSR count). The molecule has 1 heterocycles. The Morgan fingerprint density at radius 2 is 2.05 bits per heavy atom. The molecule has 0 aromatic heterocycles. The van der Waals surface area contributed by atoms with Crippen molar-refractivity contribution in [2.24, 2.45) is 5.41 Å². The second-order valence-electron chi connectivity index (χ2n) is 7.33. The van der Waals surface area contributed by atoms with Crippen LogP contribution in [0.2, 0.25) is 5.02 Å². The molecule has 116 valence electrons. The summed E-state index contributed by atoms with van der Waals surface area (Å²) in [5, 5.41) is 0.689. The highest BCUT2D eigenvalue weighted by molar-refractivity contribution is 6.30. The maximum absolute atomic E-state index is 12.7. The molecule has 3 nitrogen and oxygen atoms in total. The third kappa shape index (κ3) is 3.58. The molecule has 4 heteroatoms. The third-order valence-electron chi connectivity index (χ3n) is 3.82. The van der Waals surface area contributed by atoms with Gasteiger partial charge in [0, 0.05) is 10.4 Å². The molecule has 1 aromatic rings. The zero-order valence-corrected chi connectivity index (χ0v) is 14.2. The van der Waals surface area contributed by atoms with Gasteiger partial charge in [0.05, 0.1) is 18.7 Å². The van der Waals surface area contributed by atoms with Crippen LogP contribution in [0.1, 0.15) is 46.3 Å². The Balaban J connectivity index is 2.26. The van der Waals surface area contributed by atoms with Crippen molar-refractivity contribution in [3.63, 3.8) is 0 Å². The van der Waals surface area contributed by atoms with E-state index < -0.39 is 5.41 Å². The molecule has 1 saturated heterocycles. The molecule has 1 aliphatic heterocycles. The lowest BCUT2D eigenvalue weighted by molar-refractivity contribution is -0.163. The molecule has 1 fully saturated rings. The topological polar surface area (TPSA) is 29.5 Å². The molecule has 0 N–H and O–H groups in total. The molecule has 1 atom stereocenters. The summed E-state index contributed by atoms with van der Waals surface area (Å²) in [6.07, 6.45) is -0.122. The predicted molar refractivity (Wildman–Crippen MR) is 85.4 cm³/mol. The molecule has 1 amide bonds. The second-order valence-corrected chi connectivity index (χ2v) is 7.77. The van der Waals surface area contributed by atoms with Gasteiger partial charge in [-0.1, -0.05) is 44.5 Å². The van der Waals surface area contributed by atoms with Gasteiger partial charge in [0.1, 0.15) is 6.10 Å². The molecule has 1 aliphatic rings. The van der Waals surface area contributed by atoms with Crippen molar-refractivity contribution in [3.05, 3.63) is 34.9 Å². The van der Waals surface area contributed by atoms with Gasteiger partial charge in [0.15, 0.2) is 0 Å². The number of amides is 1. The fourth-order valence-electron chi connectivity index (χ4n) is 2.52. The fraction of sp³-hybridized carbons (Fsp3) is 0.588. The summed E-state index contributed by atoms with van der Waals surface area (Å²) < 4.78 is 5.97. The molecule has 1 unspecified atom stereocenters. The van der Waals surface area contributed by atoms with Crippen LogP contribution in [0, 0.1) is 5.41 Å². The van der Waals surface area contributed by atoms with E-state index in [2.05, 4.69) is 0 Å². The van der Waals surface area contributed by atoms with Crippen LogP contribution in [0.5, 0.6) is 0 Å². The van der Waals surface area contributed by atoms with E-state index in [0.717, 1.165) is 5.56 Å². The van der Waals surface area contributed by atoms with Crippen molar-refractivity contribution < 1.29 is 9.53 Å². The van der Waals surface area contributed by atoms with Crippen LogP contribution in [0.25, 0.3) is 0 Å². The van der Waals surface area contributed by atoms with E-state index in [1.165, 1.54) is 0 Å². The van der Waals surface area contributed by atoms with Gasteiger partial charge >= 0.3 is 0 Å². The highest BCUT2D eigenvalue weighted by atomic mass is 35.5. The van der Waals surface area contributed by atoms with Crippen LogP contribution in [0.3, 0.4) is 0 Å². The van der Waals surface area contributed by atoms with Crippen LogP contribution < -0.4 is 0 Å². The average molecular weight is 310 g/mol. The summed E-state index contributed by atoms with van der Waals surface area (Å²) in [6.45, 7) is 11.0. The van der Waals surface area contributed by atoms with Gasteiger partial charge in [-0.2, -0.15) is 0 Å². The Morgan fingerprint density at radius 3 is 2.62 bits per heavy atom. The summed E-state index contributed by atoms with van der Waals surface area (Å²) >= 11 is 6.06. The van der Waals surface area contributed by atoms with Gasteiger partial charge in [-0.3, -0.25) is 4.79 Å². The van der Waals surface area contributed by atoms with E-state index in [9.17, 15) is 4.79 Å². The minimum atomic E-state index is -0.395. The quantitative estimate of drug-likeness (QED) is 0.783. The Morgan fingerprint density at radius 1 is 1.38 bits per heavy atom. The zero-order chi connectivity index (χ0) is 15.8. The Labute approximate surface area is 132 Å². The minimum absolute atomic E-state index is 0.122. The van der Waals surface area contributed by atoms with Gasteiger partial charge in [-0.15, -0.1) is 0 Å². The lowest BCUT2D eigenvalue weighted by Gasteiger charge is -2.47. The fourth-order valence-corrected chi connectivity index (χ4v) is 2.72. The summed E-state index contributed by atoms with van der Waals surface area (Å²) in [5.41, 5.74) is 0.331. The lowest BCUT2D eigenvalue weighted by Crippen LogP contribution is -2.58. The number of carbonyl (C=O) groups is 1. The first-order valence-electron chi connectivity index (χ1n) is 7.30. The molecule has 0 saturated carbocycles. The van der Waals surface area contributed by atoms with Crippen LogP contribution >= 0.6 is 11.6 Å². The number of benzene rings is 1. The molecule has 0 aliphatic carbocycles. The molecule has 0 spiro atoms. The van der Waals surface area contributed by atoms with Gasteiger partial charge in [-0.05, 0) is 31.5 Å². The van der Waals surface area contributed by atoms with E-state index in [-0.39, 0.29) is 17.6 Å². The summed E-state index contributed by atoms with van der Waals surface area (Å²) in [6, 6.07) is 7.66. The van der Waals surface area contributed by atoms with Gasteiger partial charge in [0.2, 0.25) is 5.91 Å². The number of hydrogen-bond acceptors (Lipinski definition) is 2. The molecule has 1 aromatic carbocycles.